The van der Waals surface area contributed by atoms with Gasteiger partial charge in [-0.25, -0.2) is 0 Å². The zero-order valence-corrected chi connectivity index (χ0v) is 12.5. The standard InChI is InChI=1S/C17H21NO4/c19-16(18-15-5-4-13(9-15)17(20)21)12-3-1-2-11(8-12)14-6-7-22-10-14/h1-3,8,13-15H,4-7,9-10H2,(H,18,19)(H,20,21)/t13-,14?,15+/m1/s1. The van der Waals surface area contributed by atoms with Gasteiger partial charge in [0.15, 0.2) is 0 Å². The monoisotopic (exact) mass is 303 g/mol. The van der Waals surface area contributed by atoms with Gasteiger partial charge in [0.1, 0.15) is 0 Å². The summed E-state index contributed by atoms with van der Waals surface area (Å²) in [6.07, 6.45) is 2.89. The van der Waals surface area contributed by atoms with E-state index in [-0.39, 0.29) is 17.9 Å². The second-order valence-electron chi connectivity index (χ2n) is 6.20. The first kappa shape index (κ1) is 15.0. The maximum atomic E-state index is 12.4. The number of amides is 1. The van der Waals surface area contributed by atoms with Gasteiger partial charge < -0.3 is 15.2 Å². The molecule has 3 atom stereocenters. The SMILES string of the molecule is O=C(N[C@H]1CC[C@@H](C(=O)O)C1)c1cccc(C2CCOC2)c1. The van der Waals surface area contributed by atoms with Crippen molar-refractivity contribution >= 4 is 11.9 Å². The molecule has 22 heavy (non-hydrogen) atoms. The largest absolute Gasteiger partial charge is 0.481 e. The van der Waals surface area contributed by atoms with E-state index in [1.165, 1.54) is 0 Å². The van der Waals surface area contributed by atoms with Crippen molar-refractivity contribution in [2.24, 2.45) is 5.92 Å². The quantitative estimate of drug-likeness (QED) is 0.894. The molecular weight excluding hydrogens is 282 g/mol. The number of nitrogens with one attached hydrogen (secondary N) is 1. The zero-order valence-electron chi connectivity index (χ0n) is 12.5. The van der Waals surface area contributed by atoms with Crippen LogP contribution in [-0.4, -0.2) is 36.2 Å². The zero-order chi connectivity index (χ0) is 15.5. The molecule has 1 saturated heterocycles. The number of carbonyl (C=O) groups excluding carboxylic acids is 1. The van der Waals surface area contributed by atoms with Gasteiger partial charge in [0, 0.05) is 24.1 Å². The third-order valence-electron chi connectivity index (χ3n) is 4.67. The first-order chi connectivity index (χ1) is 10.6. The number of carboxylic acids is 1. The molecule has 2 N–H and O–H groups in total. The Labute approximate surface area is 129 Å². The normalized spacial score (nSPS) is 27.7. The molecule has 1 amide bonds. The van der Waals surface area contributed by atoms with E-state index in [0.717, 1.165) is 25.0 Å². The van der Waals surface area contributed by atoms with E-state index in [1.807, 2.05) is 18.2 Å². The van der Waals surface area contributed by atoms with Crippen molar-refractivity contribution in [1.29, 1.82) is 0 Å². The van der Waals surface area contributed by atoms with Crippen LogP contribution in [0.15, 0.2) is 24.3 Å². The Balaban J connectivity index is 1.63. The molecule has 1 aromatic rings. The molecule has 0 radical (unpaired) electrons. The van der Waals surface area contributed by atoms with Crippen molar-refractivity contribution in [2.45, 2.75) is 37.6 Å². The molecular formula is C17H21NO4. The van der Waals surface area contributed by atoms with Gasteiger partial charge in [-0.15, -0.1) is 0 Å². The third-order valence-corrected chi connectivity index (χ3v) is 4.67. The summed E-state index contributed by atoms with van der Waals surface area (Å²) in [5.41, 5.74) is 1.78. The van der Waals surface area contributed by atoms with E-state index < -0.39 is 5.97 Å². The Morgan fingerprint density at radius 3 is 2.77 bits per heavy atom. The first-order valence-electron chi connectivity index (χ1n) is 7.85. The molecule has 3 rings (SSSR count). The van der Waals surface area contributed by atoms with Crippen LogP contribution in [-0.2, 0) is 9.53 Å². The number of hydrogen-bond donors (Lipinski definition) is 2. The Bertz CT molecular complexity index is 566. The van der Waals surface area contributed by atoms with E-state index >= 15 is 0 Å². The van der Waals surface area contributed by atoms with Crippen LogP contribution in [0.1, 0.15) is 47.5 Å². The first-order valence-corrected chi connectivity index (χ1v) is 7.85. The number of hydrogen-bond acceptors (Lipinski definition) is 3. The summed E-state index contributed by atoms with van der Waals surface area (Å²) >= 11 is 0. The highest BCUT2D eigenvalue weighted by atomic mass is 16.5. The van der Waals surface area contributed by atoms with Crippen LogP contribution in [0.25, 0.3) is 0 Å². The second kappa shape index (κ2) is 6.48. The topological polar surface area (TPSA) is 75.6 Å². The molecule has 0 spiro atoms. The van der Waals surface area contributed by atoms with Crippen molar-refractivity contribution in [1.82, 2.24) is 5.32 Å². The average Bonchev–Trinajstić information content (AvgIpc) is 3.19. The predicted octanol–water partition coefficient (Wildman–Crippen LogP) is 2.17. The highest BCUT2D eigenvalue weighted by Gasteiger charge is 2.30. The minimum atomic E-state index is -0.764. The Morgan fingerprint density at radius 2 is 2.09 bits per heavy atom. The fourth-order valence-corrected chi connectivity index (χ4v) is 3.34. The van der Waals surface area contributed by atoms with Gasteiger partial charge in [-0.05, 0) is 43.4 Å². The Hall–Kier alpha value is -1.88. The van der Waals surface area contributed by atoms with Crippen molar-refractivity contribution in [3.63, 3.8) is 0 Å². The lowest BCUT2D eigenvalue weighted by Gasteiger charge is -2.14. The second-order valence-corrected chi connectivity index (χ2v) is 6.20. The smallest absolute Gasteiger partial charge is 0.306 e. The predicted molar refractivity (Wildman–Crippen MR) is 80.9 cm³/mol. The van der Waals surface area contributed by atoms with Crippen LogP contribution in [0.2, 0.25) is 0 Å². The Morgan fingerprint density at radius 1 is 1.23 bits per heavy atom. The van der Waals surface area contributed by atoms with Gasteiger partial charge in [0.25, 0.3) is 5.91 Å². The summed E-state index contributed by atoms with van der Waals surface area (Å²) in [4.78, 5) is 23.3. The fourth-order valence-electron chi connectivity index (χ4n) is 3.34. The van der Waals surface area contributed by atoms with Gasteiger partial charge in [0.05, 0.1) is 12.5 Å². The lowest BCUT2D eigenvalue weighted by molar-refractivity contribution is -0.141. The molecule has 2 fully saturated rings. The molecule has 1 aliphatic heterocycles. The van der Waals surface area contributed by atoms with Crippen LogP contribution in [0.5, 0.6) is 0 Å². The molecule has 1 saturated carbocycles. The van der Waals surface area contributed by atoms with E-state index in [4.69, 9.17) is 9.84 Å². The molecule has 1 heterocycles. The van der Waals surface area contributed by atoms with Gasteiger partial charge >= 0.3 is 5.97 Å². The number of ether oxygens (including phenoxy) is 1. The molecule has 1 aliphatic carbocycles. The summed E-state index contributed by atoms with van der Waals surface area (Å²) in [6, 6.07) is 7.63. The van der Waals surface area contributed by atoms with Crippen LogP contribution < -0.4 is 5.32 Å². The number of rotatable bonds is 4. The molecule has 0 aromatic heterocycles. The minimum absolute atomic E-state index is 0.0351. The molecule has 2 aliphatic rings. The highest BCUT2D eigenvalue weighted by Crippen LogP contribution is 2.27. The maximum absolute atomic E-state index is 12.4. The molecule has 5 heteroatoms. The molecule has 0 bridgehead atoms. The van der Waals surface area contributed by atoms with E-state index in [1.54, 1.807) is 6.07 Å². The lowest BCUT2D eigenvalue weighted by atomic mass is 9.96. The van der Waals surface area contributed by atoms with Gasteiger partial charge in [-0.1, -0.05) is 12.1 Å². The van der Waals surface area contributed by atoms with Gasteiger partial charge in [0.2, 0.25) is 0 Å². The van der Waals surface area contributed by atoms with Crippen LogP contribution in [0.3, 0.4) is 0 Å². The molecule has 5 nitrogen and oxygen atoms in total. The number of benzene rings is 1. The molecule has 118 valence electrons. The highest BCUT2D eigenvalue weighted by molar-refractivity contribution is 5.94. The summed E-state index contributed by atoms with van der Waals surface area (Å²) < 4.78 is 5.40. The molecule has 1 aromatic carbocycles. The van der Waals surface area contributed by atoms with Crippen LogP contribution in [0, 0.1) is 5.92 Å². The van der Waals surface area contributed by atoms with Crippen molar-refractivity contribution in [3.8, 4) is 0 Å². The maximum Gasteiger partial charge on any atom is 0.306 e. The summed E-state index contributed by atoms with van der Waals surface area (Å²) in [5.74, 6) is -0.834. The number of carboxylic acid groups (broad SMARTS) is 1. The van der Waals surface area contributed by atoms with Gasteiger partial charge in [-0.2, -0.15) is 0 Å². The van der Waals surface area contributed by atoms with Crippen molar-refractivity contribution in [2.75, 3.05) is 13.2 Å². The van der Waals surface area contributed by atoms with Crippen molar-refractivity contribution in [3.05, 3.63) is 35.4 Å². The summed E-state index contributed by atoms with van der Waals surface area (Å²) in [7, 11) is 0. The van der Waals surface area contributed by atoms with Crippen molar-refractivity contribution < 1.29 is 19.4 Å². The van der Waals surface area contributed by atoms with E-state index in [9.17, 15) is 9.59 Å². The minimum Gasteiger partial charge on any atom is -0.481 e. The Kier molecular flexibility index (Phi) is 4.43. The third kappa shape index (κ3) is 3.30. The molecule has 1 unspecified atom stereocenters. The fraction of sp³-hybridized carbons (Fsp3) is 0.529. The van der Waals surface area contributed by atoms with Crippen LogP contribution in [0.4, 0.5) is 0 Å². The lowest BCUT2D eigenvalue weighted by Crippen LogP contribution is -2.33. The van der Waals surface area contributed by atoms with E-state index in [2.05, 4.69) is 5.32 Å². The van der Waals surface area contributed by atoms with Crippen LogP contribution >= 0.6 is 0 Å². The summed E-state index contributed by atoms with van der Waals surface area (Å²) in [6.45, 7) is 1.49. The summed E-state index contributed by atoms with van der Waals surface area (Å²) in [5, 5.41) is 12.0. The number of carbonyl (C=O) groups is 2. The van der Waals surface area contributed by atoms with E-state index in [0.29, 0.717) is 30.9 Å². The average molecular weight is 303 g/mol. The van der Waals surface area contributed by atoms with Gasteiger partial charge in [-0.3, -0.25) is 9.59 Å². The number of aliphatic carboxylic acids is 1.